The predicted octanol–water partition coefficient (Wildman–Crippen LogP) is 3.62. The molecular formula is C18H14O3. The summed E-state index contributed by atoms with van der Waals surface area (Å²) in [6.07, 6.45) is -1.52. The van der Waals surface area contributed by atoms with Crippen molar-refractivity contribution in [1.82, 2.24) is 0 Å². The lowest BCUT2D eigenvalue weighted by Crippen LogP contribution is -2.11. The van der Waals surface area contributed by atoms with Crippen LogP contribution in [0.25, 0.3) is 21.9 Å². The number of carboxylic acid groups (broad SMARTS) is 1. The summed E-state index contributed by atoms with van der Waals surface area (Å²) >= 11 is 0. The first kappa shape index (κ1) is 13.3. The van der Waals surface area contributed by atoms with Crippen molar-refractivity contribution in [1.29, 1.82) is 0 Å². The van der Waals surface area contributed by atoms with E-state index in [2.05, 4.69) is 0 Å². The molecule has 3 aromatic carbocycles. The highest BCUT2D eigenvalue weighted by atomic mass is 16.4. The highest BCUT2D eigenvalue weighted by Gasteiger charge is 2.19. The number of aliphatic hydroxyl groups excluding tert-OH is 1. The van der Waals surface area contributed by atoms with Gasteiger partial charge < -0.3 is 10.2 Å². The van der Waals surface area contributed by atoms with Crippen molar-refractivity contribution < 1.29 is 15.0 Å². The van der Waals surface area contributed by atoms with Crippen LogP contribution in [0, 0.1) is 0 Å². The highest BCUT2D eigenvalue weighted by Crippen LogP contribution is 2.30. The van der Waals surface area contributed by atoms with Crippen molar-refractivity contribution in [3.05, 3.63) is 72.3 Å². The first-order valence-corrected chi connectivity index (χ1v) is 6.66. The maximum absolute atomic E-state index is 11.0. The average molecular weight is 278 g/mol. The molecule has 1 atom stereocenters. The van der Waals surface area contributed by atoms with E-state index in [1.165, 1.54) is 0 Å². The standard InChI is InChI=1S/C18H14O3/c19-17(18(20)21)16-8-4-3-7-15(16)14-10-9-12-5-1-2-6-13(12)11-14/h1-11,17,19H,(H,20,21). The summed E-state index contributed by atoms with van der Waals surface area (Å²) in [6, 6.07) is 20.9. The van der Waals surface area contributed by atoms with E-state index in [0.29, 0.717) is 5.56 Å². The lowest BCUT2D eigenvalue weighted by atomic mass is 9.94. The molecule has 0 radical (unpaired) electrons. The largest absolute Gasteiger partial charge is 0.479 e. The van der Waals surface area contributed by atoms with Crippen LogP contribution in [0.2, 0.25) is 0 Å². The molecule has 3 nitrogen and oxygen atoms in total. The molecule has 1 unspecified atom stereocenters. The van der Waals surface area contributed by atoms with E-state index in [4.69, 9.17) is 5.11 Å². The first-order valence-electron chi connectivity index (χ1n) is 6.66. The zero-order valence-electron chi connectivity index (χ0n) is 11.2. The third-order valence-corrected chi connectivity index (χ3v) is 3.55. The molecule has 0 saturated heterocycles. The van der Waals surface area contributed by atoms with E-state index in [9.17, 15) is 9.90 Å². The van der Waals surface area contributed by atoms with Crippen LogP contribution < -0.4 is 0 Å². The van der Waals surface area contributed by atoms with Crippen molar-refractivity contribution in [3.63, 3.8) is 0 Å². The van der Waals surface area contributed by atoms with Gasteiger partial charge in [-0.2, -0.15) is 0 Å². The van der Waals surface area contributed by atoms with Gasteiger partial charge in [0.1, 0.15) is 0 Å². The van der Waals surface area contributed by atoms with Crippen LogP contribution in [-0.4, -0.2) is 16.2 Å². The van der Waals surface area contributed by atoms with Gasteiger partial charge in [-0.15, -0.1) is 0 Å². The molecule has 0 aromatic heterocycles. The molecule has 3 aromatic rings. The van der Waals surface area contributed by atoms with Gasteiger partial charge in [-0.25, -0.2) is 4.79 Å². The Morgan fingerprint density at radius 2 is 1.52 bits per heavy atom. The van der Waals surface area contributed by atoms with E-state index < -0.39 is 12.1 Å². The lowest BCUT2D eigenvalue weighted by Gasteiger charge is -2.13. The first-order chi connectivity index (χ1) is 10.2. The summed E-state index contributed by atoms with van der Waals surface area (Å²) in [7, 11) is 0. The summed E-state index contributed by atoms with van der Waals surface area (Å²) in [5, 5.41) is 21.1. The van der Waals surface area contributed by atoms with Crippen LogP contribution >= 0.6 is 0 Å². The second kappa shape index (κ2) is 5.38. The monoisotopic (exact) mass is 278 g/mol. The average Bonchev–Trinajstić information content (AvgIpc) is 2.53. The molecule has 104 valence electrons. The van der Waals surface area contributed by atoms with Crippen molar-refractivity contribution in [2.45, 2.75) is 6.10 Å². The second-order valence-electron chi connectivity index (χ2n) is 4.89. The molecule has 0 aliphatic carbocycles. The maximum Gasteiger partial charge on any atom is 0.337 e. The molecule has 0 heterocycles. The van der Waals surface area contributed by atoms with E-state index in [-0.39, 0.29) is 0 Å². The number of aliphatic carboxylic acids is 1. The SMILES string of the molecule is O=C(O)C(O)c1ccccc1-c1ccc2ccccc2c1. The molecule has 3 rings (SSSR count). The van der Waals surface area contributed by atoms with Crippen molar-refractivity contribution >= 4 is 16.7 Å². The van der Waals surface area contributed by atoms with Gasteiger partial charge in [-0.05, 0) is 33.5 Å². The quantitative estimate of drug-likeness (QED) is 0.769. The van der Waals surface area contributed by atoms with Crippen molar-refractivity contribution in [3.8, 4) is 11.1 Å². The summed E-state index contributed by atoms with van der Waals surface area (Å²) < 4.78 is 0. The van der Waals surface area contributed by atoms with Gasteiger partial charge >= 0.3 is 5.97 Å². The Hall–Kier alpha value is -2.65. The van der Waals surface area contributed by atoms with Gasteiger partial charge in [0.2, 0.25) is 0 Å². The summed E-state index contributed by atoms with van der Waals surface area (Å²) in [5.74, 6) is -1.25. The third kappa shape index (κ3) is 2.51. The molecule has 21 heavy (non-hydrogen) atoms. The van der Waals surface area contributed by atoms with Gasteiger partial charge in [0, 0.05) is 0 Å². The van der Waals surface area contributed by atoms with Crippen LogP contribution in [0.15, 0.2) is 66.7 Å². The summed E-state index contributed by atoms with van der Waals surface area (Å²) in [6.45, 7) is 0. The molecule has 3 heteroatoms. The van der Waals surface area contributed by atoms with Crippen molar-refractivity contribution in [2.75, 3.05) is 0 Å². The van der Waals surface area contributed by atoms with Gasteiger partial charge in [0.25, 0.3) is 0 Å². The number of benzene rings is 3. The fourth-order valence-corrected chi connectivity index (χ4v) is 2.49. The Balaban J connectivity index is 2.16. The van der Waals surface area contributed by atoms with Crippen LogP contribution in [0.1, 0.15) is 11.7 Å². The van der Waals surface area contributed by atoms with Gasteiger partial charge in [0.05, 0.1) is 0 Å². The summed E-state index contributed by atoms with van der Waals surface area (Å²) in [5.41, 5.74) is 2.03. The fourth-order valence-electron chi connectivity index (χ4n) is 2.49. The topological polar surface area (TPSA) is 57.5 Å². The zero-order chi connectivity index (χ0) is 14.8. The Kier molecular flexibility index (Phi) is 3.42. The number of aliphatic hydroxyl groups is 1. The second-order valence-corrected chi connectivity index (χ2v) is 4.89. The minimum atomic E-state index is -1.52. The number of hydrogen-bond acceptors (Lipinski definition) is 2. The van der Waals surface area contributed by atoms with Crippen molar-refractivity contribution in [2.24, 2.45) is 0 Å². The number of rotatable bonds is 3. The molecule has 0 aliphatic rings. The molecule has 0 saturated carbocycles. The number of carbonyl (C=O) groups is 1. The zero-order valence-corrected chi connectivity index (χ0v) is 11.2. The van der Waals surface area contributed by atoms with E-state index in [1.54, 1.807) is 12.1 Å². The fraction of sp³-hybridized carbons (Fsp3) is 0.0556. The number of carboxylic acids is 1. The molecular weight excluding hydrogens is 264 g/mol. The number of fused-ring (bicyclic) bond motifs is 1. The van der Waals surface area contributed by atoms with Crippen LogP contribution in [0.5, 0.6) is 0 Å². The van der Waals surface area contributed by atoms with E-state index in [1.807, 2.05) is 54.6 Å². The normalized spacial score (nSPS) is 12.2. The summed E-state index contributed by atoms with van der Waals surface area (Å²) in [4.78, 5) is 11.0. The number of hydrogen-bond donors (Lipinski definition) is 2. The Morgan fingerprint density at radius 3 is 2.29 bits per heavy atom. The molecule has 2 N–H and O–H groups in total. The molecule has 0 amide bonds. The van der Waals surface area contributed by atoms with Gasteiger partial charge in [0.15, 0.2) is 6.10 Å². The van der Waals surface area contributed by atoms with Gasteiger partial charge in [-0.3, -0.25) is 0 Å². The minimum Gasteiger partial charge on any atom is -0.479 e. The van der Waals surface area contributed by atoms with Crippen LogP contribution in [0.3, 0.4) is 0 Å². The Labute approximate surface area is 122 Å². The smallest absolute Gasteiger partial charge is 0.337 e. The molecule has 0 fully saturated rings. The molecule has 0 bridgehead atoms. The minimum absolute atomic E-state index is 0.403. The molecule has 0 spiro atoms. The van der Waals surface area contributed by atoms with Crippen LogP contribution in [0.4, 0.5) is 0 Å². The third-order valence-electron chi connectivity index (χ3n) is 3.55. The van der Waals surface area contributed by atoms with E-state index >= 15 is 0 Å². The Morgan fingerprint density at radius 1 is 0.857 bits per heavy atom. The predicted molar refractivity (Wildman–Crippen MR) is 82.0 cm³/mol. The Bertz CT molecular complexity index is 808. The van der Waals surface area contributed by atoms with E-state index in [0.717, 1.165) is 21.9 Å². The van der Waals surface area contributed by atoms with Crippen LogP contribution in [-0.2, 0) is 4.79 Å². The lowest BCUT2D eigenvalue weighted by molar-refractivity contribution is -0.146. The highest BCUT2D eigenvalue weighted by molar-refractivity contribution is 5.88. The maximum atomic E-state index is 11.0. The van der Waals surface area contributed by atoms with Gasteiger partial charge in [-0.1, -0.05) is 60.7 Å². The molecule has 0 aliphatic heterocycles.